The van der Waals surface area contributed by atoms with Crippen LogP contribution in [0.3, 0.4) is 0 Å². The number of hydrogen-bond donors (Lipinski definition) is 0. The number of ether oxygens (including phenoxy) is 1. The van der Waals surface area contributed by atoms with Crippen LogP contribution in [0.5, 0.6) is 0 Å². The largest absolute Gasteiger partial charge is 0.466 e. The lowest BCUT2D eigenvalue weighted by atomic mass is 10.00. The van der Waals surface area contributed by atoms with Crippen molar-refractivity contribution in [2.75, 3.05) is 6.61 Å². The van der Waals surface area contributed by atoms with Gasteiger partial charge in [-0.3, -0.25) is 4.79 Å². The fourth-order valence-electron chi connectivity index (χ4n) is 4.10. The quantitative estimate of drug-likeness (QED) is 0.0785. The highest BCUT2D eigenvalue weighted by atomic mass is 16.5. The van der Waals surface area contributed by atoms with Crippen molar-refractivity contribution in [1.82, 2.24) is 0 Å². The minimum absolute atomic E-state index is 0.0114. The van der Waals surface area contributed by atoms with Gasteiger partial charge >= 0.3 is 5.97 Å². The summed E-state index contributed by atoms with van der Waals surface area (Å²) in [6, 6.07) is 0. The van der Waals surface area contributed by atoms with E-state index in [9.17, 15) is 4.79 Å². The van der Waals surface area contributed by atoms with Crippen LogP contribution < -0.4 is 0 Å². The van der Waals surface area contributed by atoms with Crippen molar-refractivity contribution in [1.29, 1.82) is 0 Å². The van der Waals surface area contributed by atoms with Crippen LogP contribution in [-0.2, 0) is 9.53 Å². The van der Waals surface area contributed by atoms with E-state index in [4.69, 9.17) is 4.74 Å². The van der Waals surface area contributed by atoms with Gasteiger partial charge in [0.2, 0.25) is 0 Å². The molecule has 0 spiro atoms. The third-order valence-electron chi connectivity index (χ3n) is 6.69. The molecule has 1 unspecified atom stereocenters. The first kappa shape index (κ1) is 31.2. The molecule has 0 aromatic carbocycles. The molecule has 32 heavy (non-hydrogen) atoms. The van der Waals surface area contributed by atoms with Crippen molar-refractivity contribution in [2.24, 2.45) is 5.92 Å². The summed E-state index contributed by atoms with van der Waals surface area (Å²) >= 11 is 0. The van der Waals surface area contributed by atoms with Crippen molar-refractivity contribution in [3.8, 4) is 0 Å². The Morgan fingerprint density at radius 3 is 1.75 bits per heavy atom. The summed E-state index contributed by atoms with van der Waals surface area (Å²) in [5.74, 6) is 0.914. The standard InChI is InChI=1S/C30H58O2/c1-4-6-7-8-9-10-11-12-13-14-18-21-24-27-30(31)32-28-25-22-19-16-15-17-20-23-26-29(3)5-2/h10-11,29H,4-9,12-28H2,1-3H3/b11-10-. The average molecular weight is 451 g/mol. The van der Waals surface area contributed by atoms with E-state index in [-0.39, 0.29) is 5.97 Å². The number of unbranched alkanes of at least 4 members (excludes halogenated alkanes) is 16. The molecule has 2 nitrogen and oxygen atoms in total. The minimum Gasteiger partial charge on any atom is -0.466 e. The van der Waals surface area contributed by atoms with Gasteiger partial charge < -0.3 is 4.74 Å². The molecule has 0 amide bonds. The van der Waals surface area contributed by atoms with Crippen LogP contribution in [0.2, 0.25) is 0 Å². The maximum absolute atomic E-state index is 11.8. The predicted molar refractivity (Wildman–Crippen MR) is 142 cm³/mol. The second-order valence-electron chi connectivity index (χ2n) is 9.98. The molecule has 0 rings (SSSR count). The number of carbonyl (C=O) groups excluding carboxylic acids is 1. The van der Waals surface area contributed by atoms with E-state index in [2.05, 4.69) is 32.9 Å². The summed E-state index contributed by atoms with van der Waals surface area (Å²) in [4.78, 5) is 11.8. The first-order valence-electron chi connectivity index (χ1n) is 14.5. The first-order valence-corrected chi connectivity index (χ1v) is 14.5. The number of esters is 1. The van der Waals surface area contributed by atoms with Crippen molar-refractivity contribution < 1.29 is 9.53 Å². The van der Waals surface area contributed by atoms with Crippen LogP contribution in [0.4, 0.5) is 0 Å². The highest BCUT2D eigenvalue weighted by molar-refractivity contribution is 5.69. The average Bonchev–Trinajstić information content (AvgIpc) is 2.80. The minimum atomic E-state index is 0.0114. The fraction of sp³-hybridized carbons (Fsp3) is 0.900. The van der Waals surface area contributed by atoms with E-state index < -0.39 is 0 Å². The van der Waals surface area contributed by atoms with Crippen molar-refractivity contribution in [2.45, 2.75) is 162 Å². The summed E-state index contributed by atoms with van der Waals surface area (Å²) in [6.07, 6.45) is 32.3. The SMILES string of the molecule is CCCCCC/C=C\CCCCCCCC(=O)OCCCCCCCCCCC(C)CC. The summed E-state index contributed by atoms with van der Waals surface area (Å²) in [6.45, 7) is 7.54. The monoisotopic (exact) mass is 450 g/mol. The molecule has 0 radical (unpaired) electrons. The molecule has 190 valence electrons. The molecule has 0 saturated heterocycles. The van der Waals surface area contributed by atoms with Gasteiger partial charge in [-0.05, 0) is 44.4 Å². The lowest BCUT2D eigenvalue weighted by Crippen LogP contribution is -2.05. The number of hydrogen-bond acceptors (Lipinski definition) is 2. The zero-order valence-electron chi connectivity index (χ0n) is 22.3. The molecular weight excluding hydrogens is 392 g/mol. The Morgan fingerprint density at radius 1 is 0.656 bits per heavy atom. The van der Waals surface area contributed by atoms with Crippen LogP contribution in [0.15, 0.2) is 12.2 Å². The Kier molecular flexibility index (Phi) is 25.8. The third kappa shape index (κ3) is 25.5. The lowest BCUT2D eigenvalue weighted by Gasteiger charge is -2.07. The Hall–Kier alpha value is -0.790. The molecule has 0 aliphatic heterocycles. The summed E-state index contributed by atoms with van der Waals surface area (Å²) in [7, 11) is 0. The van der Waals surface area contributed by atoms with Crippen LogP contribution in [0.25, 0.3) is 0 Å². The van der Waals surface area contributed by atoms with Gasteiger partial charge in [-0.25, -0.2) is 0 Å². The molecular formula is C30H58O2. The maximum atomic E-state index is 11.8. The molecule has 0 aromatic heterocycles. The van der Waals surface area contributed by atoms with Crippen LogP contribution in [-0.4, -0.2) is 12.6 Å². The smallest absolute Gasteiger partial charge is 0.305 e. The topological polar surface area (TPSA) is 26.3 Å². The van der Waals surface area contributed by atoms with Gasteiger partial charge in [0.05, 0.1) is 6.61 Å². The molecule has 0 aliphatic carbocycles. The Labute approximate surface area is 202 Å². The van der Waals surface area contributed by atoms with E-state index in [1.165, 1.54) is 116 Å². The summed E-state index contributed by atoms with van der Waals surface area (Å²) in [5, 5.41) is 0. The Bertz CT molecular complexity index is 402. The highest BCUT2D eigenvalue weighted by Gasteiger charge is 2.02. The van der Waals surface area contributed by atoms with Crippen LogP contribution in [0.1, 0.15) is 162 Å². The van der Waals surface area contributed by atoms with Gasteiger partial charge in [0.25, 0.3) is 0 Å². The van der Waals surface area contributed by atoms with E-state index in [0.29, 0.717) is 13.0 Å². The highest BCUT2D eigenvalue weighted by Crippen LogP contribution is 2.15. The van der Waals surface area contributed by atoms with Crippen LogP contribution in [0, 0.1) is 5.92 Å². The van der Waals surface area contributed by atoms with Crippen molar-refractivity contribution in [3.05, 3.63) is 12.2 Å². The van der Waals surface area contributed by atoms with Crippen LogP contribution >= 0.6 is 0 Å². The normalized spacial score (nSPS) is 12.5. The van der Waals surface area contributed by atoms with Gasteiger partial charge in [-0.15, -0.1) is 0 Å². The molecule has 0 N–H and O–H groups in total. The second-order valence-corrected chi connectivity index (χ2v) is 9.98. The van der Waals surface area contributed by atoms with E-state index in [1.807, 2.05) is 0 Å². The second kappa shape index (κ2) is 26.5. The Balaban J connectivity index is 3.22. The zero-order valence-corrected chi connectivity index (χ0v) is 22.3. The molecule has 0 aliphatic rings. The molecule has 2 heteroatoms. The van der Waals surface area contributed by atoms with E-state index in [1.54, 1.807) is 0 Å². The molecule has 0 heterocycles. The molecule has 0 aromatic rings. The lowest BCUT2D eigenvalue weighted by molar-refractivity contribution is -0.143. The van der Waals surface area contributed by atoms with Gasteiger partial charge in [0.1, 0.15) is 0 Å². The predicted octanol–water partition coefficient (Wildman–Crippen LogP) is 10.3. The first-order chi connectivity index (χ1) is 15.7. The third-order valence-corrected chi connectivity index (χ3v) is 6.69. The zero-order chi connectivity index (χ0) is 23.5. The molecule has 1 atom stereocenters. The van der Waals surface area contributed by atoms with Crippen molar-refractivity contribution in [3.63, 3.8) is 0 Å². The molecule has 0 bridgehead atoms. The number of allylic oxidation sites excluding steroid dienone is 2. The summed E-state index contributed by atoms with van der Waals surface area (Å²) < 4.78 is 5.39. The van der Waals surface area contributed by atoms with Gasteiger partial charge in [-0.2, -0.15) is 0 Å². The number of carbonyl (C=O) groups is 1. The van der Waals surface area contributed by atoms with Crippen molar-refractivity contribution >= 4 is 5.97 Å². The Morgan fingerprint density at radius 2 is 1.16 bits per heavy atom. The van der Waals surface area contributed by atoms with E-state index in [0.717, 1.165) is 25.2 Å². The van der Waals surface area contributed by atoms with Gasteiger partial charge in [-0.1, -0.05) is 129 Å². The van der Waals surface area contributed by atoms with E-state index >= 15 is 0 Å². The van der Waals surface area contributed by atoms with Gasteiger partial charge in [0, 0.05) is 6.42 Å². The molecule has 0 saturated carbocycles. The fourth-order valence-corrected chi connectivity index (χ4v) is 4.10. The molecule has 0 fully saturated rings. The summed E-state index contributed by atoms with van der Waals surface area (Å²) in [5.41, 5.74) is 0. The van der Waals surface area contributed by atoms with Gasteiger partial charge in [0.15, 0.2) is 0 Å². The maximum Gasteiger partial charge on any atom is 0.305 e. The number of rotatable bonds is 25.